The standard InChI is InChI=1S/C22H20N4O3S.ClH/c27-14-3-5-15(6-4-14)29-19-9-17-13(2-1-7-24-17)8-18(19)26-22(28)16-11-30-20-10-23-12-25-21(16)20;/h1-2,7-12,14-15,27H,3-6H2,(H,26,28);1H. The molecule has 3 aromatic heterocycles. The summed E-state index contributed by atoms with van der Waals surface area (Å²) < 4.78 is 7.12. The molecule has 0 atom stereocenters. The van der Waals surface area contributed by atoms with Crippen LogP contribution in [0.4, 0.5) is 5.69 Å². The Kier molecular flexibility index (Phi) is 6.31. The number of fused-ring (bicyclic) bond motifs is 2. The largest absolute Gasteiger partial charge is 0.488 e. The highest BCUT2D eigenvalue weighted by Crippen LogP contribution is 2.34. The number of amides is 1. The number of thiophene rings is 1. The lowest BCUT2D eigenvalue weighted by Crippen LogP contribution is -2.27. The predicted octanol–water partition coefficient (Wildman–Crippen LogP) is 4.60. The van der Waals surface area contributed by atoms with E-state index in [4.69, 9.17) is 4.74 Å². The van der Waals surface area contributed by atoms with Crippen LogP contribution in [0.5, 0.6) is 5.75 Å². The van der Waals surface area contributed by atoms with Gasteiger partial charge in [0.2, 0.25) is 0 Å². The minimum Gasteiger partial charge on any atom is -0.488 e. The number of carbonyl (C=O) groups excluding carboxylic acids is 1. The van der Waals surface area contributed by atoms with Crippen molar-refractivity contribution in [3.8, 4) is 5.75 Å². The number of hydrogen-bond acceptors (Lipinski definition) is 7. The zero-order chi connectivity index (χ0) is 20.5. The van der Waals surface area contributed by atoms with Crippen molar-refractivity contribution in [2.45, 2.75) is 37.9 Å². The number of nitrogens with one attached hydrogen (secondary N) is 1. The Balaban J connectivity index is 0.00000231. The molecule has 0 aliphatic heterocycles. The molecule has 31 heavy (non-hydrogen) atoms. The van der Waals surface area contributed by atoms with E-state index in [1.807, 2.05) is 24.3 Å². The minimum atomic E-state index is -0.254. The van der Waals surface area contributed by atoms with Gasteiger partial charge in [0.05, 0.1) is 39.2 Å². The van der Waals surface area contributed by atoms with E-state index in [-0.39, 0.29) is 30.5 Å². The lowest BCUT2D eigenvalue weighted by Gasteiger charge is -2.27. The molecule has 3 heterocycles. The number of aliphatic hydroxyl groups is 1. The fourth-order valence-corrected chi connectivity index (χ4v) is 4.63. The monoisotopic (exact) mass is 456 g/mol. The SMILES string of the molecule is Cl.O=C(Nc1cc2cccnc2cc1OC1CCC(O)CC1)c1csc2cncnc12. The van der Waals surface area contributed by atoms with Gasteiger partial charge in [0.25, 0.3) is 5.91 Å². The Labute approximate surface area is 188 Å². The number of ether oxygens (including phenoxy) is 1. The summed E-state index contributed by atoms with van der Waals surface area (Å²) in [6.07, 6.45) is 7.63. The molecule has 0 unspecified atom stereocenters. The van der Waals surface area contributed by atoms with E-state index in [1.54, 1.807) is 17.8 Å². The number of benzene rings is 1. The van der Waals surface area contributed by atoms with E-state index in [0.29, 0.717) is 22.5 Å². The van der Waals surface area contributed by atoms with Gasteiger partial charge < -0.3 is 15.2 Å². The van der Waals surface area contributed by atoms with Crippen molar-refractivity contribution in [1.82, 2.24) is 15.0 Å². The third-order valence-corrected chi connectivity index (χ3v) is 6.28. The van der Waals surface area contributed by atoms with Crippen molar-refractivity contribution in [3.05, 3.63) is 53.9 Å². The molecule has 1 saturated carbocycles. The predicted molar refractivity (Wildman–Crippen MR) is 123 cm³/mol. The fourth-order valence-electron chi connectivity index (χ4n) is 3.77. The molecule has 1 amide bonds. The van der Waals surface area contributed by atoms with E-state index in [2.05, 4.69) is 20.3 Å². The van der Waals surface area contributed by atoms with Gasteiger partial charge in [-0.25, -0.2) is 9.97 Å². The highest BCUT2D eigenvalue weighted by atomic mass is 35.5. The molecule has 1 aliphatic carbocycles. The molecule has 0 radical (unpaired) electrons. The molecule has 1 aromatic carbocycles. The van der Waals surface area contributed by atoms with Crippen molar-refractivity contribution in [1.29, 1.82) is 0 Å². The van der Waals surface area contributed by atoms with Crippen molar-refractivity contribution in [2.24, 2.45) is 0 Å². The van der Waals surface area contributed by atoms with Crippen LogP contribution in [-0.4, -0.2) is 38.2 Å². The first-order valence-corrected chi connectivity index (χ1v) is 10.8. The summed E-state index contributed by atoms with van der Waals surface area (Å²) in [7, 11) is 0. The van der Waals surface area contributed by atoms with Crippen LogP contribution >= 0.6 is 23.7 Å². The molecular formula is C22H21ClN4O3S. The van der Waals surface area contributed by atoms with E-state index in [9.17, 15) is 9.90 Å². The quantitative estimate of drug-likeness (QED) is 0.466. The molecule has 0 saturated heterocycles. The first kappa shape index (κ1) is 21.4. The summed E-state index contributed by atoms with van der Waals surface area (Å²) in [6, 6.07) is 7.56. The maximum absolute atomic E-state index is 13.0. The average molecular weight is 457 g/mol. The summed E-state index contributed by atoms with van der Waals surface area (Å²) in [5.74, 6) is 0.345. The highest BCUT2D eigenvalue weighted by Gasteiger charge is 2.23. The number of halogens is 1. The molecule has 7 nitrogen and oxygen atoms in total. The van der Waals surface area contributed by atoms with Crippen molar-refractivity contribution in [3.63, 3.8) is 0 Å². The minimum absolute atomic E-state index is 0. The molecule has 0 bridgehead atoms. The van der Waals surface area contributed by atoms with E-state index >= 15 is 0 Å². The average Bonchev–Trinajstić information content (AvgIpc) is 3.20. The summed E-state index contributed by atoms with van der Waals surface area (Å²) in [6.45, 7) is 0. The van der Waals surface area contributed by atoms with Crippen molar-refractivity contribution < 1.29 is 14.6 Å². The normalized spacial score (nSPS) is 18.5. The van der Waals surface area contributed by atoms with Gasteiger partial charge in [0.1, 0.15) is 12.1 Å². The van der Waals surface area contributed by atoms with Crippen LogP contribution in [0.3, 0.4) is 0 Å². The number of rotatable bonds is 4. The van der Waals surface area contributed by atoms with E-state index in [0.717, 1.165) is 41.3 Å². The lowest BCUT2D eigenvalue weighted by molar-refractivity contribution is 0.0669. The summed E-state index contributed by atoms with van der Waals surface area (Å²) in [5, 5.41) is 15.5. The number of pyridine rings is 1. The molecular weight excluding hydrogens is 436 g/mol. The highest BCUT2D eigenvalue weighted by molar-refractivity contribution is 7.17. The second-order valence-corrected chi connectivity index (χ2v) is 8.34. The van der Waals surface area contributed by atoms with Gasteiger partial charge in [0, 0.05) is 29.2 Å². The zero-order valence-electron chi connectivity index (χ0n) is 16.5. The lowest BCUT2D eigenvalue weighted by atomic mass is 9.95. The molecule has 4 aromatic rings. The maximum Gasteiger partial charge on any atom is 0.258 e. The molecule has 160 valence electrons. The van der Waals surface area contributed by atoms with Gasteiger partial charge >= 0.3 is 0 Å². The third kappa shape index (κ3) is 4.46. The second kappa shape index (κ2) is 9.13. The van der Waals surface area contributed by atoms with Crippen LogP contribution in [0.1, 0.15) is 36.0 Å². The number of nitrogens with zero attached hydrogens (tertiary/aromatic N) is 3. The molecule has 9 heteroatoms. The first-order chi connectivity index (χ1) is 14.7. The third-order valence-electron chi connectivity index (χ3n) is 5.37. The Morgan fingerprint density at radius 1 is 1.19 bits per heavy atom. The fraction of sp³-hybridized carbons (Fsp3) is 0.273. The molecule has 2 N–H and O–H groups in total. The Morgan fingerprint density at radius 2 is 2.03 bits per heavy atom. The Hall–Kier alpha value is -2.81. The number of carbonyl (C=O) groups is 1. The zero-order valence-corrected chi connectivity index (χ0v) is 18.2. The second-order valence-electron chi connectivity index (χ2n) is 7.43. The molecule has 1 aliphatic rings. The number of aliphatic hydroxyl groups excluding tert-OH is 1. The van der Waals surface area contributed by atoms with Crippen LogP contribution in [0, 0.1) is 0 Å². The van der Waals surface area contributed by atoms with Crippen LogP contribution in [0.2, 0.25) is 0 Å². The van der Waals surface area contributed by atoms with Gasteiger partial charge in [-0.1, -0.05) is 6.07 Å². The Bertz CT molecular complexity index is 1220. The summed E-state index contributed by atoms with van der Waals surface area (Å²) in [5.41, 5.74) is 2.55. The smallest absolute Gasteiger partial charge is 0.258 e. The van der Waals surface area contributed by atoms with Crippen LogP contribution in [0.25, 0.3) is 21.1 Å². The van der Waals surface area contributed by atoms with Crippen LogP contribution < -0.4 is 10.1 Å². The number of aromatic nitrogens is 3. The topological polar surface area (TPSA) is 97.2 Å². The molecule has 1 fully saturated rings. The van der Waals surface area contributed by atoms with Crippen molar-refractivity contribution in [2.75, 3.05) is 5.32 Å². The van der Waals surface area contributed by atoms with Gasteiger partial charge in [0.15, 0.2) is 0 Å². The maximum atomic E-state index is 13.0. The van der Waals surface area contributed by atoms with E-state index in [1.165, 1.54) is 17.7 Å². The molecule has 5 rings (SSSR count). The number of hydrogen-bond donors (Lipinski definition) is 2. The Morgan fingerprint density at radius 3 is 2.87 bits per heavy atom. The van der Waals surface area contributed by atoms with Crippen LogP contribution in [0.15, 0.2) is 48.4 Å². The summed E-state index contributed by atoms with van der Waals surface area (Å²) in [4.78, 5) is 25.7. The van der Waals surface area contributed by atoms with Gasteiger partial charge in [-0.15, -0.1) is 23.7 Å². The van der Waals surface area contributed by atoms with Gasteiger partial charge in [-0.3, -0.25) is 9.78 Å². The molecule has 0 spiro atoms. The van der Waals surface area contributed by atoms with Gasteiger partial charge in [-0.2, -0.15) is 0 Å². The summed E-state index contributed by atoms with van der Waals surface area (Å²) >= 11 is 1.44. The van der Waals surface area contributed by atoms with Crippen LogP contribution in [-0.2, 0) is 0 Å². The van der Waals surface area contributed by atoms with Gasteiger partial charge in [-0.05, 0) is 37.8 Å². The van der Waals surface area contributed by atoms with Crippen molar-refractivity contribution >= 4 is 56.5 Å². The van der Waals surface area contributed by atoms with E-state index < -0.39 is 0 Å². The first-order valence-electron chi connectivity index (χ1n) is 9.89. The number of anilines is 1.